The number of aromatic nitrogens is 1. The summed E-state index contributed by atoms with van der Waals surface area (Å²) in [5, 5.41) is 5.54. The molecule has 8 heteroatoms. The van der Waals surface area contributed by atoms with Crippen molar-refractivity contribution in [1.82, 2.24) is 15.6 Å². The molecule has 1 aromatic heterocycles. The van der Waals surface area contributed by atoms with Crippen LogP contribution < -0.4 is 15.5 Å². The Bertz CT molecular complexity index is 1170. The van der Waals surface area contributed by atoms with E-state index in [-0.39, 0.29) is 12.1 Å². The van der Waals surface area contributed by atoms with Gasteiger partial charge in [0.1, 0.15) is 5.82 Å². The van der Waals surface area contributed by atoms with E-state index >= 15 is 0 Å². The third-order valence-electron chi connectivity index (χ3n) is 5.37. The van der Waals surface area contributed by atoms with Crippen LogP contribution >= 0.6 is 0 Å². The van der Waals surface area contributed by atoms with Gasteiger partial charge in [-0.3, -0.25) is 14.9 Å². The van der Waals surface area contributed by atoms with Crippen LogP contribution in [0.25, 0.3) is 10.9 Å². The predicted octanol–water partition coefficient (Wildman–Crippen LogP) is 1.93. The van der Waals surface area contributed by atoms with E-state index in [0.717, 1.165) is 22.5 Å². The second-order valence-electron chi connectivity index (χ2n) is 6.89. The Hall–Kier alpha value is -3.68. The molecule has 7 nitrogen and oxygen atoms in total. The van der Waals surface area contributed by atoms with Crippen molar-refractivity contribution in [2.24, 2.45) is 0 Å². The maximum atomic E-state index is 13.9. The zero-order chi connectivity index (χ0) is 19.5. The van der Waals surface area contributed by atoms with Crippen LogP contribution in [-0.4, -0.2) is 29.4 Å². The zero-order valence-corrected chi connectivity index (χ0v) is 14.6. The number of rotatable bonds is 3. The maximum Gasteiger partial charge on any atom is 0.323 e. The van der Waals surface area contributed by atoms with Crippen LogP contribution in [0.1, 0.15) is 11.1 Å². The Labute approximate surface area is 158 Å². The van der Waals surface area contributed by atoms with E-state index in [9.17, 15) is 18.8 Å². The molecule has 140 valence electrons. The molecule has 0 aliphatic carbocycles. The van der Waals surface area contributed by atoms with E-state index in [1.54, 1.807) is 0 Å². The summed E-state index contributed by atoms with van der Waals surface area (Å²) in [6, 6.07) is 10.9. The third kappa shape index (κ3) is 2.11. The molecule has 4 amide bonds. The first kappa shape index (κ1) is 16.5. The molecule has 28 heavy (non-hydrogen) atoms. The number of fused-ring (bicyclic) bond motifs is 3. The van der Waals surface area contributed by atoms with E-state index in [1.807, 2.05) is 30.5 Å². The van der Waals surface area contributed by atoms with Crippen molar-refractivity contribution < 1.29 is 18.8 Å². The third-order valence-corrected chi connectivity index (χ3v) is 5.37. The number of hydrogen-bond donors (Lipinski definition) is 3. The van der Waals surface area contributed by atoms with Gasteiger partial charge in [-0.15, -0.1) is 0 Å². The minimum absolute atomic E-state index is 0.153. The fraction of sp³-hybridized carbons (Fsp3) is 0.150. The number of imide groups is 1. The summed E-state index contributed by atoms with van der Waals surface area (Å²) < 4.78 is 13.9. The average molecular weight is 378 g/mol. The monoisotopic (exact) mass is 378 g/mol. The number of hydrogen-bond acceptors (Lipinski definition) is 3. The molecule has 1 unspecified atom stereocenters. The smallest absolute Gasteiger partial charge is 0.323 e. The number of carbonyl (C=O) groups excluding carboxylic acids is 3. The summed E-state index contributed by atoms with van der Waals surface area (Å²) in [6.45, 7) is 0.282. The summed E-state index contributed by atoms with van der Waals surface area (Å²) in [6.07, 6.45) is 2.41. The molecule has 1 saturated heterocycles. The quantitative estimate of drug-likeness (QED) is 0.480. The second kappa shape index (κ2) is 5.66. The molecule has 0 bridgehead atoms. The van der Waals surface area contributed by atoms with Crippen LogP contribution in [0.5, 0.6) is 0 Å². The second-order valence-corrected chi connectivity index (χ2v) is 6.89. The number of benzene rings is 2. The first-order valence-electron chi connectivity index (χ1n) is 8.81. The Kier molecular flexibility index (Phi) is 3.33. The van der Waals surface area contributed by atoms with Gasteiger partial charge in [0.05, 0.1) is 5.69 Å². The van der Waals surface area contributed by atoms with Crippen molar-refractivity contribution in [1.29, 1.82) is 0 Å². The average Bonchev–Trinajstić information content (AvgIpc) is 3.29. The van der Waals surface area contributed by atoms with Crippen LogP contribution in [0.4, 0.5) is 14.9 Å². The Morgan fingerprint density at radius 1 is 1.07 bits per heavy atom. The number of para-hydroxylation sites is 1. The van der Waals surface area contributed by atoms with Gasteiger partial charge in [0.15, 0.2) is 0 Å². The highest BCUT2D eigenvalue weighted by Gasteiger charge is 2.61. The minimum Gasteiger partial charge on any atom is -0.361 e. The van der Waals surface area contributed by atoms with Crippen molar-refractivity contribution in [3.05, 3.63) is 65.6 Å². The number of halogens is 1. The van der Waals surface area contributed by atoms with Gasteiger partial charge in [-0.25, -0.2) is 9.18 Å². The van der Waals surface area contributed by atoms with Crippen molar-refractivity contribution in [2.75, 3.05) is 11.4 Å². The topological polar surface area (TPSA) is 94.3 Å². The summed E-state index contributed by atoms with van der Waals surface area (Å²) in [4.78, 5) is 42.0. The summed E-state index contributed by atoms with van der Waals surface area (Å²) >= 11 is 0. The number of carbonyl (C=O) groups is 3. The number of anilines is 1. The normalized spacial score (nSPS) is 20.8. The molecule has 0 saturated carbocycles. The van der Waals surface area contributed by atoms with Crippen LogP contribution in [0.15, 0.2) is 48.7 Å². The molecule has 5 rings (SSSR count). The molecule has 2 aliphatic rings. The minimum atomic E-state index is -1.91. The van der Waals surface area contributed by atoms with Gasteiger partial charge in [0, 0.05) is 29.2 Å². The lowest BCUT2D eigenvalue weighted by Crippen LogP contribution is -2.52. The lowest BCUT2D eigenvalue weighted by molar-refractivity contribution is -0.133. The molecule has 1 spiro atoms. The molecule has 3 N–H and O–H groups in total. The number of nitrogens with zero attached hydrogens (tertiary/aromatic N) is 1. The Balaban J connectivity index is 1.53. The molecule has 0 radical (unpaired) electrons. The summed E-state index contributed by atoms with van der Waals surface area (Å²) in [7, 11) is 0. The predicted molar refractivity (Wildman–Crippen MR) is 99.1 cm³/mol. The van der Waals surface area contributed by atoms with E-state index in [0.29, 0.717) is 12.1 Å². The van der Waals surface area contributed by atoms with Crippen LogP contribution in [0.2, 0.25) is 0 Å². The lowest BCUT2D eigenvalue weighted by Gasteiger charge is -2.21. The van der Waals surface area contributed by atoms with E-state index in [4.69, 9.17) is 0 Å². The molecule has 3 aromatic rings. The highest BCUT2D eigenvalue weighted by molar-refractivity contribution is 6.27. The zero-order valence-electron chi connectivity index (χ0n) is 14.6. The lowest BCUT2D eigenvalue weighted by atomic mass is 9.91. The summed E-state index contributed by atoms with van der Waals surface area (Å²) in [5.41, 5.74) is 0.678. The molecule has 3 heterocycles. The van der Waals surface area contributed by atoms with Crippen molar-refractivity contribution in [3.8, 4) is 0 Å². The summed E-state index contributed by atoms with van der Waals surface area (Å²) in [5.74, 6) is -1.96. The molecule has 2 aliphatic heterocycles. The molecule has 1 atom stereocenters. The Morgan fingerprint density at radius 3 is 2.68 bits per heavy atom. The first-order valence-corrected chi connectivity index (χ1v) is 8.81. The van der Waals surface area contributed by atoms with Gasteiger partial charge in [0.25, 0.3) is 11.8 Å². The molecule has 2 aromatic carbocycles. The molecular weight excluding hydrogens is 363 g/mol. The van der Waals surface area contributed by atoms with Gasteiger partial charge < -0.3 is 15.2 Å². The van der Waals surface area contributed by atoms with Crippen LogP contribution in [0.3, 0.4) is 0 Å². The van der Waals surface area contributed by atoms with Gasteiger partial charge >= 0.3 is 6.03 Å². The highest BCUT2D eigenvalue weighted by atomic mass is 19.1. The van der Waals surface area contributed by atoms with E-state index < -0.39 is 29.2 Å². The fourth-order valence-electron chi connectivity index (χ4n) is 4.06. The van der Waals surface area contributed by atoms with Crippen molar-refractivity contribution in [2.45, 2.75) is 12.0 Å². The van der Waals surface area contributed by atoms with Gasteiger partial charge in [0.2, 0.25) is 5.54 Å². The van der Waals surface area contributed by atoms with Gasteiger partial charge in [-0.2, -0.15) is 0 Å². The number of H-pyrrole nitrogens is 1. The number of aromatic amines is 1. The van der Waals surface area contributed by atoms with Crippen LogP contribution in [-0.2, 0) is 21.5 Å². The number of urea groups is 1. The van der Waals surface area contributed by atoms with Crippen molar-refractivity contribution in [3.63, 3.8) is 0 Å². The van der Waals surface area contributed by atoms with Crippen LogP contribution in [0, 0.1) is 5.82 Å². The fourth-order valence-corrected chi connectivity index (χ4v) is 4.06. The SMILES string of the molecule is O=C1NC(=O)C2(N1)C(=O)N(CCc1c[nH]c3ccccc13)c1ccc(F)cc12. The first-order chi connectivity index (χ1) is 13.5. The van der Waals surface area contributed by atoms with E-state index in [1.165, 1.54) is 17.0 Å². The highest BCUT2D eigenvalue weighted by Crippen LogP contribution is 2.42. The van der Waals surface area contributed by atoms with Gasteiger partial charge in [-0.05, 0) is 36.2 Å². The van der Waals surface area contributed by atoms with E-state index in [2.05, 4.69) is 15.6 Å². The van der Waals surface area contributed by atoms with Gasteiger partial charge in [-0.1, -0.05) is 18.2 Å². The number of amides is 4. The largest absolute Gasteiger partial charge is 0.361 e. The maximum absolute atomic E-state index is 13.9. The standard InChI is InChI=1S/C20H15FN4O3/c21-12-5-6-16-14(9-12)20(17(26)23-19(28)24-20)18(27)25(16)8-7-11-10-22-15-4-2-1-3-13(11)15/h1-6,9-10,22H,7-8H2,(H2,23,24,26,28). The molecule has 1 fully saturated rings. The molecular formula is C20H15FN4O3. The number of nitrogens with one attached hydrogen (secondary N) is 3. The Morgan fingerprint density at radius 2 is 1.89 bits per heavy atom. The van der Waals surface area contributed by atoms with Crippen molar-refractivity contribution >= 4 is 34.4 Å².